The van der Waals surface area contributed by atoms with Crippen LogP contribution in [0.4, 0.5) is 5.69 Å². The van der Waals surface area contributed by atoms with E-state index in [9.17, 15) is 5.11 Å². The first-order chi connectivity index (χ1) is 9.11. The summed E-state index contributed by atoms with van der Waals surface area (Å²) in [5.74, 6) is 0.0391. The van der Waals surface area contributed by atoms with Gasteiger partial charge < -0.3 is 10.4 Å². The topological polar surface area (TPSA) is 56.0 Å². The predicted molar refractivity (Wildman–Crippen MR) is 76.6 cm³/mol. The Morgan fingerprint density at radius 3 is 2.74 bits per heavy atom. The molecule has 19 heavy (non-hydrogen) atoms. The Bertz CT molecular complexity index is 650. The number of phenols is 1. The molecule has 0 aliphatic rings. The van der Waals surface area contributed by atoms with Crippen LogP contribution in [0.5, 0.6) is 5.75 Å². The summed E-state index contributed by atoms with van der Waals surface area (Å²) in [6.45, 7) is 0.349. The van der Waals surface area contributed by atoms with E-state index in [-0.39, 0.29) is 5.75 Å². The van der Waals surface area contributed by atoms with Crippen LogP contribution in [0.15, 0.2) is 36.4 Å². The Balaban J connectivity index is 2.21. The molecule has 0 spiro atoms. The van der Waals surface area contributed by atoms with E-state index in [2.05, 4.69) is 11.4 Å². The summed E-state index contributed by atoms with van der Waals surface area (Å²) in [4.78, 5) is 0. The molecule has 0 unspecified atom stereocenters. The molecule has 0 aromatic heterocycles. The minimum absolute atomic E-state index is 0.0391. The largest absolute Gasteiger partial charge is 0.506 e. The maximum Gasteiger partial charge on any atom is 0.139 e. The van der Waals surface area contributed by atoms with Crippen molar-refractivity contribution in [3.63, 3.8) is 0 Å². The summed E-state index contributed by atoms with van der Waals surface area (Å²) in [6, 6.07) is 12.2. The van der Waals surface area contributed by atoms with Crippen LogP contribution in [0, 0.1) is 11.3 Å². The third kappa shape index (κ3) is 3.11. The van der Waals surface area contributed by atoms with E-state index in [1.54, 1.807) is 36.4 Å². The zero-order chi connectivity index (χ0) is 13.8. The molecule has 0 aliphatic heterocycles. The van der Waals surface area contributed by atoms with E-state index < -0.39 is 0 Å². The van der Waals surface area contributed by atoms with Crippen molar-refractivity contribution in [2.24, 2.45) is 0 Å². The molecule has 3 nitrogen and oxygen atoms in total. The molecule has 2 N–H and O–H groups in total. The van der Waals surface area contributed by atoms with E-state index >= 15 is 0 Å². The van der Waals surface area contributed by atoms with Crippen LogP contribution < -0.4 is 5.32 Å². The third-order valence-corrected chi connectivity index (χ3v) is 3.18. The number of anilines is 1. The summed E-state index contributed by atoms with van der Waals surface area (Å²) in [6.07, 6.45) is 0. The summed E-state index contributed by atoms with van der Waals surface area (Å²) in [7, 11) is 0. The summed E-state index contributed by atoms with van der Waals surface area (Å²) in [5, 5.41) is 22.7. The molecule has 0 amide bonds. The minimum Gasteiger partial charge on any atom is -0.506 e. The smallest absolute Gasteiger partial charge is 0.139 e. The molecule has 2 aromatic carbocycles. The van der Waals surface area contributed by atoms with Crippen molar-refractivity contribution in [3.05, 3.63) is 57.6 Å². The number of rotatable bonds is 3. The van der Waals surface area contributed by atoms with Gasteiger partial charge in [0.15, 0.2) is 0 Å². The van der Waals surface area contributed by atoms with Gasteiger partial charge in [-0.15, -0.1) is 0 Å². The number of halogens is 2. The maximum absolute atomic E-state index is 9.79. The maximum atomic E-state index is 9.79. The third-order valence-electron chi connectivity index (χ3n) is 2.64. The number of nitrogens with zero attached hydrogens (tertiary/aromatic N) is 1. The zero-order valence-electron chi connectivity index (χ0n) is 9.82. The quantitative estimate of drug-likeness (QED) is 0.892. The molecular weight excluding hydrogens is 283 g/mol. The molecular formula is C14H10Cl2N2O. The molecule has 0 radical (unpaired) electrons. The van der Waals surface area contributed by atoms with Crippen molar-refractivity contribution >= 4 is 28.9 Å². The molecule has 2 rings (SSSR count). The van der Waals surface area contributed by atoms with Crippen molar-refractivity contribution in [3.8, 4) is 11.8 Å². The van der Waals surface area contributed by atoms with Gasteiger partial charge in [-0.05, 0) is 24.3 Å². The predicted octanol–water partition coefficient (Wildman–Crippen LogP) is 4.18. The van der Waals surface area contributed by atoms with Crippen molar-refractivity contribution in [2.75, 3.05) is 5.32 Å². The van der Waals surface area contributed by atoms with E-state index in [4.69, 9.17) is 28.5 Å². The van der Waals surface area contributed by atoms with Crippen LogP contribution in [-0.4, -0.2) is 5.11 Å². The second-order valence-electron chi connectivity index (χ2n) is 3.90. The van der Waals surface area contributed by atoms with E-state index in [0.29, 0.717) is 33.4 Å². The lowest BCUT2D eigenvalue weighted by Crippen LogP contribution is -2.01. The molecule has 5 heteroatoms. The molecule has 96 valence electrons. The lowest BCUT2D eigenvalue weighted by atomic mass is 10.1. The summed E-state index contributed by atoms with van der Waals surface area (Å²) >= 11 is 11.7. The normalized spacial score (nSPS) is 9.95. The van der Waals surface area contributed by atoms with Crippen LogP contribution in [0.2, 0.25) is 10.0 Å². The monoisotopic (exact) mass is 292 g/mol. The zero-order valence-corrected chi connectivity index (χ0v) is 11.3. The second-order valence-corrected chi connectivity index (χ2v) is 4.75. The van der Waals surface area contributed by atoms with Gasteiger partial charge in [0.1, 0.15) is 11.8 Å². The molecule has 0 saturated carbocycles. The van der Waals surface area contributed by atoms with Crippen LogP contribution in [0.3, 0.4) is 0 Å². The number of nitriles is 1. The fourth-order valence-electron chi connectivity index (χ4n) is 1.65. The molecule has 0 atom stereocenters. The molecule has 2 aromatic rings. The van der Waals surface area contributed by atoms with Gasteiger partial charge in [-0.1, -0.05) is 35.3 Å². The van der Waals surface area contributed by atoms with Crippen LogP contribution in [-0.2, 0) is 6.54 Å². The molecule has 0 bridgehead atoms. The molecule has 0 saturated heterocycles. The van der Waals surface area contributed by atoms with Gasteiger partial charge in [-0.3, -0.25) is 0 Å². The first-order valence-electron chi connectivity index (χ1n) is 5.51. The first kappa shape index (κ1) is 13.5. The highest BCUT2D eigenvalue weighted by Gasteiger charge is 2.07. The molecule has 0 fully saturated rings. The minimum atomic E-state index is 0.0391. The fraction of sp³-hybridized carbons (Fsp3) is 0.0714. The van der Waals surface area contributed by atoms with E-state index in [1.165, 1.54) is 0 Å². The van der Waals surface area contributed by atoms with Gasteiger partial charge in [-0.2, -0.15) is 5.26 Å². The number of hydrogen-bond acceptors (Lipinski definition) is 3. The van der Waals surface area contributed by atoms with Gasteiger partial charge in [-0.25, -0.2) is 0 Å². The Hall–Kier alpha value is -1.89. The van der Waals surface area contributed by atoms with Crippen molar-refractivity contribution in [1.82, 2.24) is 0 Å². The van der Waals surface area contributed by atoms with Crippen LogP contribution in [0.25, 0.3) is 0 Å². The van der Waals surface area contributed by atoms with Gasteiger partial charge in [0.05, 0.1) is 16.3 Å². The second kappa shape index (κ2) is 5.83. The SMILES string of the molecule is N#Cc1ccc(Cl)cc1NCc1cccc(Cl)c1O. The average molecular weight is 293 g/mol. The Kier molecular flexibility index (Phi) is 4.16. The lowest BCUT2D eigenvalue weighted by Gasteiger charge is -2.10. The van der Waals surface area contributed by atoms with Gasteiger partial charge >= 0.3 is 0 Å². The molecule has 0 aliphatic carbocycles. The van der Waals surface area contributed by atoms with Crippen LogP contribution >= 0.6 is 23.2 Å². The Labute approximate surface area is 121 Å². The number of benzene rings is 2. The van der Waals surface area contributed by atoms with Crippen molar-refractivity contribution in [2.45, 2.75) is 6.54 Å². The van der Waals surface area contributed by atoms with Gasteiger partial charge in [0.2, 0.25) is 0 Å². The Morgan fingerprint density at radius 2 is 2.00 bits per heavy atom. The number of phenolic OH excluding ortho intramolecular Hbond substituents is 1. The lowest BCUT2D eigenvalue weighted by molar-refractivity contribution is 0.469. The average Bonchev–Trinajstić information content (AvgIpc) is 2.40. The van der Waals surface area contributed by atoms with E-state index in [1.807, 2.05) is 0 Å². The number of hydrogen-bond donors (Lipinski definition) is 2. The highest BCUT2D eigenvalue weighted by atomic mass is 35.5. The van der Waals surface area contributed by atoms with Gasteiger partial charge in [0, 0.05) is 17.1 Å². The number of nitrogens with one attached hydrogen (secondary N) is 1. The standard InChI is InChI=1S/C14H10Cl2N2O/c15-11-5-4-9(7-17)13(6-11)18-8-10-2-1-3-12(16)14(10)19/h1-6,18-19H,8H2. The van der Waals surface area contributed by atoms with E-state index in [0.717, 1.165) is 0 Å². The van der Waals surface area contributed by atoms with Crippen molar-refractivity contribution < 1.29 is 5.11 Å². The highest BCUT2D eigenvalue weighted by molar-refractivity contribution is 6.32. The van der Waals surface area contributed by atoms with Gasteiger partial charge in [0.25, 0.3) is 0 Å². The Morgan fingerprint density at radius 1 is 1.21 bits per heavy atom. The fourth-order valence-corrected chi connectivity index (χ4v) is 2.02. The summed E-state index contributed by atoms with van der Waals surface area (Å²) < 4.78 is 0. The molecule has 0 heterocycles. The van der Waals surface area contributed by atoms with Crippen molar-refractivity contribution in [1.29, 1.82) is 5.26 Å². The van der Waals surface area contributed by atoms with Crippen LogP contribution in [0.1, 0.15) is 11.1 Å². The first-order valence-corrected chi connectivity index (χ1v) is 6.27. The number of para-hydroxylation sites is 1. The summed E-state index contributed by atoms with van der Waals surface area (Å²) in [5.41, 5.74) is 1.76. The highest BCUT2D eigenvalue weighted by Crippen LogP contribution is 2.28. The number of aromatic hydroxyl groups is 1.